The molecule has 0 aliphatic carbocycles. The van der Waals surface area contributed by atoms with Crippen LogP contribution < -0.4 is 16.2 Å². The number of thioether (sulfide) groups is 1. The summed E-state index contributed by atoms with van der Waals surface area (Å²) in [6.45, 7) is 3.67. The Balaban J connectivity index is 1.73. The first kappa shape index (κ1) is 28.0. The number of nitrogens with one attached hydrogen (secondary N) is 1. The monoisotopic (exact) mass is 530 g/mol. The highest BCUT2D eigenvalue weighted by Gasteiger charge is 2.17. The normalized spacial score (nSPS) is 11.0. The van der Waals surface area contributed by atoms with Crippen molar-refractivity contribution in [3.8, 4) is 6.01 Å². The molecule has 0 fully saturated rings. The number of aryl methyl sites for hydroxylation is 1. The molecule has 12 heteroatoms. The van der Waals surface area contributed by atoms with Gasteiger partial charge in [-0.1, -0.05) is 37.6 Å². The number of amides is 1. The molecule has 0 saturated heterocycles. The number of aromatic amines is 1. The Hall–Kier alpha value is -3.54. The number of hydrogen-bond acceptors (Lipinski definition) is 9. The number of nitrogen functional groups attached to an aromatic ring is 1. The summed E-state index contributed by atoms with van der Waals surface area (Å²) in [7, 11) is 1.36. The summed E-state index contributed by atoms with van der Waals surface area (Å²) in [5.41, 5.74) is 8.16. The molecule has 0 aliphatic heterocycles. The van der Waals surface area contributed by atoms with E-state index < -0.39 is 0 Å². The van der Waals surface area contributed by atoms with Crippen LogP contribution in [0.4, 0.5) is 5.82 Å². The van der Waals surface area contributed by atoms with Gasteiger partial charge in [-0.25, -0.2) is 4.79 Å². The van der Waals surface area contributed by atoms with E-state index in [1.165, 1.54) is 23.4 Å². The third kappa shape index (κ3) is 7.72. The number of imidazole rings is 1. The van der Waals surface area contributed by atoms with Crippen LogP contribution in [0.25, 0.3) is 11.2 Å². The summed E-state index contributed by atoms with van der Waals surface area (Å²) >= 11 is 1.45. The molecular weight excluding hydrogens is 496 g/mol. The summed E-state index contributed by atoms with van der Waals surface area (Å²) in [5, 5.41) is 0. The number of fused-ring (bicyclic) bond motifs is 1. The largest absolute Gasteiger partial charge is 0.469 e. The topological polar surface area (TPSA) is 145 Å². The van der Waals surface area contributed by atoms with Crippen molar-refractivity contribution in [2.75, 3.05) is 38.0 Å². The van der Waals surface area contributed by atoms with Crippen LogP contribution in [0.15, 0.2) is 29.1 Å². The minimum absolute atomic E-state index is 0.00433. The van der Waals surface area contributed by atoms with Crippen LogP contribution >= 0.6 is 11.8 Å². The number of carbonyl (C=O) groups excluding carboxylic acids is 2. The maximum Gasteiger partial charge on any atom is 0.327 e. The van der Waals surface area contributed by atoms with Crippen molar-refractivity contribution < 1.29 is 19.1 Å². The Labute approximate surface area is 219 Å². The first-order chi connectivity index (χ1) is 17.9. The lowest BCUT2D eigenvalue weighted by atomic mass is 10.1. The number of hydrogen-bond donors (Lipinski definition) is 2. The maximum absolute atomic E-state index is 12.8. The van der Waals surface area contributed by atoms with Crippen LogP contribution in [-0.4, -0.2) is 68.6 Å². The zero-order valence-electron chi connectivity index (χ0n) is 21.5. The SMILES string of the molecule is CCCCOc1nc(N)c2[nH]c(=O)n(CCCN(Cc3cccc(CC(=O)OC)c3)C(=O)CSC)c2n1. The fourth-order valence-electron chi connectivity index (χ4n) is 3.83. The van der Waals surface area contributed by atoms with Crippen molar-refractivity contribution in [3.63, 3.8) is 0 Å². The smallest absolute Gasteiger partial charge is 0.327 e. The molecule has 0 aliphatic rings. The summed E-state index contributed by atoms with van der Waals surface area (Å²) in [6, 6.07) is 7.67. The minimum Gasteiger partial charge on any atom is -0.469 e. The van der Waals surface area contributed by atoms with Gasteiger partial charge in [0.2, 0.25) is 5.91 Å². The van der Waals surface area contributed by atoms with E-state index in [4.69, 9.17) is 15.2 Å². The lowest BCUT2D eigenvalue weighted by Crippen LogP contribution is -2.34. The summed E-state index contributed by atoms with van der Waals surface area (Å²) in [6.07, 6.45) is 4.38. The highest BCUT2D eigenvalue weighted by Crippen LogP contribution is 2.18. The standard InChI is InChI=1S/C25H34N6O5S/c1-4-5-12-36-24-28-22(26)21-23(29-24)31(25(34)27-21)11-7-10-30(19(32)16-37-3)15-18-9-6-8-17(13-18)14-20(33)35-2/h6,8-9,13H,4-5,7,10-12,14-16H2,1-3H3,(H,27,34)(H2,26,28,29). The van der Waals surface area contributed by atoms with E-state index in [1.54, 1.807) is 4.90 Å². The van der Waals surface area contributed by atoms with Crippen LogP contribution in [-0.2, 0) is 33.8 Å². The van der Waals surface area contributed by atoms with Crippen molar-refractivity contribution in [3.05, 3.63) is 45.9 Å². The van der Waals surface area contributed by atoms with Gasteiger partial charge in [0.15, 0.2) is 11.5 Å². The molecule has 37 heavy (non-hydrogen) atoms. The van der Waals surface area contributed by atoms with Crippen LogP contribution in [0.2, 0.25) is 0 Å². The molecule has 3 aromatic rings. The zero-order valence-corrected chi connectivity index (χ0v) is 22.3. The van der Waals surface area contributed by atoms with Crippen LogP contribution in [0, 0.1) is 0 Å². The lowest BCUT2D eigenvalue weighted by Gasteiger charge is -2.23. The molecule has 2 heterocycles. The van der Waals surface area contributed by atoms with Gasteiger partial charge in [-0.05, 0) is 30.2 Å². The average molecular weight is 531 g/mol. The number of ether oxygens (including phenoxy) is 2. The molecule has 0 radical (unpaired) electrons. The van der Waals surface area contributed by atoms with Gasteiger partial charge in [0.1, 0.15) is 5.52 Å². The quantitative estimate of drug-likeness (QED) is 0.237. The summed E-state index contributed by atoms with van der Waals surface area (Å²) < 4.78 is 11.8. The Morgan fingerprint density at radius 1 is 1.22 bits per heavy atom. The molecule has 200 valence electrons. The Morgan fingerprint density at radius 3 is 2.73 bits per heavy atom. The molecule has 0 bridgehead atoms. The number of esters is 1. The molecule has 0 saturated carbocycles. The number of H-pyrrole nitrogens is 1. The minimum atomic E-state index is -0.348. The number of unbranched alkanes of at least 4 members (excludes halogenated alkanes) is 1. The van der Waals surface area contributed by atoms with E-state index in [2.05, 4.69) is 21.9 Å². The predicted molar refractivity (Wildman–Crippen MR) is 144 cm³/mol. The molecule has 0 atom stereocenters. The van der Waals surface area contributed by atoms with Gasteiger partial charge in [0.25, 0.3) is 0 Å². The zero-order chi connectivity index (χ0) is 26.8. The van der Waals surface area contributed by atoms with Crippen LogP contribution in [0.3, 0.4) is 0 Å². The predicted octanol–water partition coefficient (Wildman–Crippen LogP) is 2.38. The molecular formula is C25H34N6O5S. The van der Waals surface area contributed by atoms with Crippen molar-refractivity contribution >= 4 is 40.6 Å². The molecule has 1 amide bonds. The highest BCUT2D eigenvalue weighted by atomic mass is 32.2. The van der Waals surface area contributed by atoms with E-state index in [0.29, 0.717) is 49.6 Å². The van der Waals surface area contributed by atoms with Gasteiger partial charge < -0.3 is 25.1 Å². The van der Waals surface area contributed by atoms with E-state index in [1.807, 2.05) is 30.5 Å². The Bertz CT molecular complexity index is 1270. The molecule has 3 N–H and O–H groups in total. The summed E-state index contributed by atoms with van der Waals surface area (Å²) in [5.74, 6) is 0.170. The van der Waals surface area contributed by atoms with E-state index in [0.717, 1.165) is 24.0 Å². The van der Waals surface area contributed by atoms with E-state index >= 15 is 0 Å². The molecule has 0 spiro atoms. The number of methoxy groups -OCH3 is 1. The second-order valence-corrected chi connectivity index (χ2v) is 9.41. The van der Waals surface area contributed by atoms with E-state index in [-0.39, 0.29) is 35.8 Å². The van der Waals surface area contributed by atoms with Gasteiger partial charge in [0, 0.05) is 19.6 Å². The maximum atomic E-state index is 12.8. The van der Waals surface area contributed by atoms with Gasteiger partial charge in [-0.3, -0.25) is 14.2 Å². The van der Waals surface area contributed by atoms with Crippen LogP contribution in [0.1, 0.15) is 37.3 Å². The first-order valence-corrected chi connectivity index (χ1v) is 13.6. The number of benzene rings is 1. The van der Waals surface area contributed by atoms with Crippen molar-refractivity contribution in [1.82, 2.24) is 24.4 Å². The highest BCUT2D eigenvalue weighted by molar-refractivity contribution is 7.99. The Kier molecular flexibility index (Phi) is 10.4. The van der Waals surface area contributed by atoms with Crippen molar-refractivity contribution in [2.45, 2.75) is 45.7 Å². The second-order valence-electron chi connectivity index (χ2n) is 8.55. The van der Waals surface area contributed by atoms with Gasteiger partial charge in [-0.15, -0.1) is 0 Å². The second kappa shape index (κ2) is 13.7. The number of nitrogens with two attached hydrogens (primary N) is 1. The van der Waals surface area contributed by atoms with Crippen molar-refractivity contribution in [1.29, 1.82) is 0 Å². The first-order valence-electron chi connectivity index (χ1n) is 12.2. The van der Waals surface area contributed by atoms with Crippen LogP contribution in [0.5, 0.6) is 6.01 Å². The third-order valence-electron chi connectivity index (χ3n) is 5.73. The average Bonchev–Trinajstić information content (AvgIpc) is 3.19. The number of carbonyl (C=O) groups is 2. The number of rotatable bonds is 14. The number of nitrogens with zero attached hydrogens (tertiary/aromatic N) is 4. The third-order valence-corrected chi connectivity index (χ3v) is 6.27. The number of aromatic nitrogens is 4. The number of anilines is 1. The molecule has 1 aromatic carbocycles. The Morgan fingerprint density at radius 2 is 2.00 bits per heavy atom. The lowest BCUT2D eigenvalue weighted by molar-refractivity contribution is -0.139. The van der Waals surface area contributed by atoms with E-state index in [9.17, 15) is 14.4 Å². The fraction of sp³-hybridized carbons (Fsp3) is 0.480. The molecule has 11 nitrogen and oxygen atoms in total. The van der Waals surface area contributed by atoms with Gasteiger partial charge in [0.05, 0.1) is 25.9 Å². The molecule has 0 unspecified atom stereocenters. The molecule has 2 aromatic heterocycles. The fourth-order valence-corrected chi connectivity index (χ4v) is 4.26. The summed E-state index contributed by atoms with van der Waals surface area (Å²) in [4.78, 5) is 50.1. The van der Waals surface area contributed by atoms with Gasteiger partial charge >= 0.3 is 17.7 Å². The molecule has 3 rings (SSSR count). The van der Waals surface area contributed by atoms with Gasteiger partial charge in [-0.2, -0.15) is 21.7 Å². The van der Waals surface area contributed by atoms with Crippen molar-refractivity contribution in [2.24, 2.45) is 0 Å².